The smallest absolute Gasteiger partial charge is 0.248 e. The molecule has 16 nitrogen and oxygen atoms in total. The van der Waals surface area contributed by atoms with Gasteiger partial charge in [0, 0.05) is 78.1 Å². The number of aliphatic hydroxyl groups is 2. The number of amides is 2. The lowest BCUT2D eigenvalue weighted by atomic mass is 9.99. The lowest BCUT2D eigenvalue weighted by Crippen LogP contribution is -2.50. The highest BCUT2D eigenvalue weighted by atomic mass is 35.5. The minimum atomic E-state index is -0.828. The predicted molar refractivity (Wildman–Crippen MR) is 287 cm³/mol. The number of carbonyl (C=O) groups is 2. The van der Waals surface area contributed by atoms with Crippen LogP contribution in [0.25, 0.3) is 26.6 Å². The second-order valence-electron chi connectivity index (χ2n) is 19.8. The van der Waals surface area contributed by atoms with Gasteiger partial charge < -0.3 is 25.3 Å². The Morgan fingerprint density at radius 1 is 0.904 bits per heavy atom. The van der Waals surface area contributed by atoms with Crippen LogP contribution < -0.4 is 10.2 Å². The molecule has 3 N–H and O–H groups in total. The molecule has 0 radical (unpaired) electrons. The number of anilines is 1. The monoisotopic (exact) mass is 1040 g/mol. The summed E-state index contributed by atoms with van der Waals surface area (Å²) < 4.78 is 3.83. The Morgan fingerprint density at radius 3 is 2.36 bits per heavy atom. The summed E-state index contributed by atoms with van der Waals surface area (Å²) in [5, 5.41) is 41.2. The summed E-state index contributed by atoms with van der Waals surface area (Å²) in [5.41, 5.74) is 10.7. The summed E-state index contributed by atoms with van der Waals surface area (Å²) in [6.07, 6.45) is 5.12. The standard InChI is InChI=1S/C54H61ClN12O4S2/c1-30(2)49(53(71)65-28-42(68)25-44(65)52(70)59-32(4)36-8-10-38(11-9-36)50-33(5)57-29-72-50)66-27-40(26-58-66)39-18-19-56-45(24-39)63-20-22-64(23-21-63)46(69)17-16-43-51-62-61-35(7)67(51)54-47(31(3)34(6)73-54)48(60-43)37-12-14-41(55)15-13-37/h8-15,18-19,24,26-27,29-30,32,42-44,46,49,68-69H,16-17,20-23,25,28H2,1-7H3,(H,59,70)/t32-,42+,43?,44-,46?,49-/m0/s1. The summed E-state index contributed by atoms with van der Waals surface area (Å²) >= 11 is 9.64. The van der Waals surface area contributed by atoms with Crippen LogP contribution in [0.15, 0.2) is 89.8 Å². The van der Waals surface area contributed by atoms with E-state index in [0.717, 1.165) is 72.1 Å². The van der Waals surface area contributed by atoms with Crippen molar-refractivity contribution in [3.05, 3.63) is 134 Å². The van der Waals surface area contributed by atoms with Crippen molar-refractivity contribution in [2.24, 2.45) is 10.9 Å². The third-order valence-corrected chi connectivity index (χ3v) is 17.0. The lowest BCUT2D eigenvalue weighted by molar-refractivity contribution is -0.142. The summed E-state index contributed by atoms with van der Waals surface area (Å²) in [5.74, 6) is 1.65. The quantitative estimate of drug-likeness (QED) is 0.0951. The molecule has 2 saturated heterocycles. The Bertz CT molecular complexity index is 3160. The van der Waals surface area contributed by atoms with Crippen LogP contribution in [-0.4, -0.2) is 123 Å². The molecule has 73 heavy (non-hydrogen) atoms. The number of carbonyl (C=O) groups excluding carboxylic acids is 2. The number of pyridine rings is 1. The van der Waals surface area contributed by atoms with Gasteiger partial charge in [-0.05, 0) is 99.9 Å². The van der Waals surface area contributed by atoms with Crippen molar-refractivity contribution in [3.8, 4) is 26.6 Å². The first-order chi connectivity index (χ1) is 35.1. The van der Waals surface area contributed by atoms with Gasteiger partial charge in [0.1, 0.15) is 41.0 Å². The molecule has 0 aliphatic carbocycles. The zero-order valence-electron chi connectivity index (χ0n) is 42.1. The number of rotatable bonds is 14. The highest BCUT2D eigenvalue weighted by Gasteiger charge is 2.43. The maximum atomic E-state index is 14.5. The number of halogens is 1. The molecule has 0 saturated carbocycles. The minimum Gasteiger partial charge on any atom is -0.391 e. The molecule has 5 aromatic heterocycles. The van der Waals surface area contributed by atoms with Crippen LogP contribution in [0, 0.1) is 33.6 Å². The van der Waals surface area contributed by atoms with Crippen LogP contribution in [0.5, 0.6) is 0 Å². The number of piperazine rings is 1. The Labute approximate surface area is 438 Å². The Hall–Kier alpha value is -6.15. The second-order valence-corrected chi connectivity index (χ2v) is 22.3. The van der Waals surface area contributed by atoms with Gasteiger partial charge in [-0.1, -0.05) is 61.8 Å². The average Bonchev–Trinajstić information content (AvgIpc) is 4.24. The van der Waals surface area contributed by atoms with Crippen molar-refractivity contribution in [1.29, 1.82) is 0 Å². The topological polar surface area (TPSA) is 183 Å². The number of aromatic nitrogens is 7. The van der Waals surface area contributed by atoms with E-state index in [0.29, 0.717) is 44.0 Å². The van der Waals surface area contributed by atoms with Crippen LogP contribution in [0.4, 0.5) is 5.82 Å². The molecule has 6 atom stereocenters. The summed E-state index contributed by atoms with van der Waals surface area (Å²) in [7, 11) is 0. The van der Waals surface area contributed by atoms with Gasteiger partial charge >= 0.3 is 0 Å². The summed E-state index contributed by atoms with van der Waals surface area (Å²) in [4.78, 5) is 51.1. The molecule has 0 bridgehead atoms. The molecule has 2 fully saturated rings. The number of thiazole rings is 1. The number of aliphatic hydroxyl groups excluding tert-OH is 2. The molecule has 7 aromatic rings. The largest absolute Gasteiger partial charge is 0.391 e. The predicted octanol–water partition coefficient (Wildman–Crippen LogP) is 8.45. The number of nitrogens with one attached hydrogen (secondary N) is 1. The van der Waals surface area contributed by atoms with E-state index in [1.807, 2.05) is 107 Å². The fourth-order valence-corrected chi connectivity index (χ4v) is 12.6. The van der Waals surface area contributed by atoms with E-state index in [1.165, 1.54) is 15.3 Å². The van der Waals surface area contributed by atoms with E-state index in [4.69, 9.17) is 26.7 Å². The number of thiophene rings is 1. The van der Waals surface area contributed by atoms with E-state index < -0.39 is 24.4 Å². The number of β-amino-alcohol motifs (C(OH)–C–C–N with tert-alkyl or cyclic N) is 1. The number of likely N-dealkylation sites (tertiary alicyclic amines) is 1. The van der Waals surface area contributed by atoms with Gasteiger partial charge in [0.25, 0.3) is 0 Å². The molecule has 10 rings (SSSR count). The molecule has 19 heteroatoms. The van der Waals surface area contributed by atoms with Gasteiger partial charge in [0.15, 0.2) is 5.82 Å². The van der Waals surface area contributed by atoms with E-state index in [-0.39, 0.29) is 42.8 Å². The molecule has 2 unspecified atom stereocenters. The van der Waals surface area contributed by atoms with E-state index >= 15 is 0 Å². The number of aliphatic imine (C=N–C) groups is 1. The Morgan fingerprint density at radius 2 is 1.64 bits per heavy atom. The number of aryl methyl sites for hydroxylation is 3. The van der Waals surface area contributed by atoms with Crippen LogP contribution in [0.3, 0.4) is 0 Å². The van der Waals surface area contributed by atoms with Crippen molar-refractivity contribution < 1.29 is 19.8 Å². The van der Waals surface area contributed by atoms with Crippen LogP contribution >= 0.6 is 34.3 Å². The van der Waals surface area contributed by atoms with Crippen molar-refractivity contribution in [2.45, 2.75) is 104 Å². The SMILES string of the molecule is Cc1ncsc1-c1ccc([C@H](C)NC(=O)[C@@H]2C[C@@H](O)CN2C(=O)[C@H](C(C)C)n2cc(-c3ccnc(N4CCN(C(O)CCC5N=C(c6ccc(Cl)cc6)c6c(sc(C)c6C)-n6c(C)nnc65)CC4)c3)cn2)cc1. The van der Waals surface area contributed by atoms with Crippen molar-refractivity contribution >= 4 is 57.6 Å². The highest BCUT2D eigenvalue weighted by Crippen LogP contribution is 2.40. The molecule has 0 spiro atoms. The molecule has 2 aromatic carbocycles. The number of hydrogen-bond acceptors (Lipinski definition) is 14. The third kappa shape index (κ3) is 10.1. The van der Waals surface area contributed by atoms with Crippen LogP contribution in [0.2, 0.25) is 5.02 Å². The van der Waals surface area contributed by atoms with Crippen molar-refractivity contribution in [1.82, 2.24) is 49.6 Å². The maximum Gasteiger partial charge on any atom is 0.248 e. The number of hydrogen-bond donors (Lipinski definition) is 3. The van der Waals surface area contributed by atoms with E-state index in [1.54, 1.807) is 39.7 Å². The van der Waals surface area contributed by atoms with Gasteiger partial charge in [-0.2, -0.15) is 5.10 Å². The normalized spacial score (nSPS) is 19.3. The van der Waals surface area contributed by atoms with Gasteiger partial charge in [-0.15, -0.1) is 32.9 Å². The van der Waals surface area contributed by atoms with E-state index in [2.05, 4.69) is 48.7 Å². The molecule has 8 heterocycles. The van der Waals surface area contributed by atoms with Crippen molar-refractivity contribution in [2.75, 3.05) is 37.6 Å². The third-order valence-electron chi connectivity index (χ3n) is 14.6. The van der Waals surface area contributed by atoms with Crippen LogP contribution in [0.1, 0.15) is 103 Å². The van der Waals surface area contributed by atoms with Gasteiger partial charge in [-0.25, -0.2) is 9.97 Å². The summed E-state index contributed by atoms with van der Waals surface area (Å²) in [6.45, 7) is 16.8. The minimum absolute atomic E-state index is 0.0598. The van der Waals surface area contributed by atoms with Gasteiger partial charge in [0.05, 0.1) is 40.1 Å². The Balaban J connectivity index is 0.776. The number of fused-ring (bicyclic) bond motifs is 3. The average molecular weight is 1040 g/mol. The van der Waals surface area contributed by atoms with Gasteiger partial charge in [0.2, 0.25) is 11.8 Å². The Kier molecular flexibility index (Phi) is 14.5. The van der Waals surface area contributed by atoms with Crippen LogP contribution in [-0.2, 0) is 9.59 Å². The second kappa shape index (κ2) is 21.0. The number of nitrogens with zero attached hydrogens (tertiary/aromatic N) is 11. The first-order valence-electron chi connectivity index (χ1n) is 25.0. The van der Waals surface area contributed by atoms with Gasteiger partial charge in [-0.3, -0.25) is 28.7 Å². The molecular formula is C54H61ClN12O4S2. The maximum absolute atomic E-state index is 14.5. The molecule has 380 valence electrons. The molecular weight excluding hydrogens is 980 g/mol. The molecule has 3 aliphatic rings. The zero-order valence-corrected chi connectivity index (χ0v) is 44.5. The fraction of sp³-hybridized carbons (Fsp3) is 0.407. The summed E-state index contributed by atoms with van der Waals surface area (Å²) in [6, 6.07) is 17.7. The van der Waals surface area contributed by atoms with E-state index in [9.17, 15) is 19.8 Å². The lowest BCUT2D eigenvalue weighted by Gasteiger charge is -2.38. The number of benzene rings is 2. The first kappa shape index (κ1) is 50.4. The molecule has 2 amide bonds. The zero-order chi connectivity index (χ0) is 51.2. The fourth-order valence-electron chi connectivity index (χ4n) is 10.4. The first-order valence-corrected chi connectivity index (χ1v) is 27.0. The van der Waals surface area contributed by atoms with Crippen molar-refractivity contribution in [3.63, 3.8) is 0 Å². The molecule has 3 aliphatic heterocycles. The highest BCUT2D eigenvalue weighted by molar-refractivity contribution is 7.15.